The summed E-state index contributed by atoms with van der Waals surface area (Å²) in [5.41, 5.74) is 9.83. The van der Waals surface area contributed by atoms with Gasteiger partial charge in [0.1, 0.15) is 0 Å². The van der Waals surface area contributed by atoms with Gasteiger partial charge in [0.25, 0.3) is 0 Å². The SMILES string of the molecule is C=CCC1c2[c-]cccc2-c2ccccc21.CC1=[C-]C(C)(C)C(C)=C1C.[Cl-].[Cl-].[Zr+4]. The molecule has 2 aromatic rings. The van der Waals surface area contributed by atoms with Crippen LogP contribution in [0.25, 0.3) is 11.1 Å². The molecule has 3 heteroatoms. The molecule has 0 radical (unpaired) electrons. The predicted octanol–water partition coefficient (Wildman–Crippen LogP) is 1.29. The second kappa shape index (κ2) is 11.5. The van der Waals surface area contributed by atoms with Crippen molar-refractivity contribution in [1.82, 2.24) is 0 Å². The van der Waals surface area contributed by atoms with Gasteiger partial charge in [0.2, 0.25) is 0 Å². The van der Waals surface area contributed by atoms with Gasteiger partial charge < -0.3 is 24.8 Å². The average molecular weight is 503 g/mol. The molecule has 1 unspecified atom stereocenters. The van der Waals surface area contributed by atoms with Crippen molar-refractivity contribution in [2.75, 3.05) is 0 Å². The van der Waals surface area contributed by atoms with E-state index in [0.29, 0.717) is 5.92 Å². The van der Waals surface area contributed by atoms with Crippen LogP contribution in [-0.4, -0.2) is 0 Å². The number of hydrogen-bond donors (Lipinski definition) is 0. The number of allylic oxidation sites excluding steroid dienone is 5. The fraction of sp³-hybridized carbons (Fsp3) is 0.308. The fourth-order valence-electron chi connectivity index (χ4n) is 3.99. The molecule has 0 saturated heterocycles. The van der Waals surface area contributed by atoms with Gasteiger partial charge in [-0.25, -0.2) is 5.57 Å². The molecule has 0 nitrogen and oxygen atoms in total. The molecular formula is C26H28Cl2Zr. The first kappa shape index (κ1) is 28.1. The second-order valence-corrected chi connectivity index (χ2v) is 7.79. The molecule has 150 valence electrons. The van der Waals surface area contributed by atoms with E-state index in [1.54, 1.807) is 0 Å². The second-order valence-electron chi connectivity index (χ2n) is 7.79. The van der Waals surface area contributed by atoms with Gasteiger partial charge in [-0.1, -0.05) is 69.0 Å². The maximum absolute atomic E-state index is 3.86. The van der Waals surface area contributed by atoms with Crippen molar-refractivity contribution in [2.24, 2.45) is 5.41 Å². The first-order valence-electron chi connectivity index (χ1n) is 9.37. The summed E-state index contributed by atoms with van der Waals surface area (Å²) in [6, 6.07) is 18.3. The standard InChI is InChI=1S/C16H13.C10H15.2ClH.Zr/c1-2-7-12-13-8-3-5-10-15(13)16-11-6-4-9-14(12)16;1-7-6-10(4,5)9(3)8(7)2;;;/h2-6,8,10-12H,1,7H2;1-5H3;2*1H;/q2*-1;;;+4/p-2. The van der Waals surface area contributed by atoms with E-state index >= 15 is 0 Å². The van der Waals surface area contributed by atoms with Crippen LogP contribution in [0.15, 0.2) is 71.8 Å². The molecule has 0 spiro atoms. The zero-order valence-corrected chi connectivity index (χ0v) is 21.8. The van der Waals surface area contributed by atoms with Gasteiger partial charge in [0, 0.05) is 0 Å². The van der Waals surface area contributed by atoms with E-state index in [9.17, 15) is 0 Å². The molecule has 4 rings (SSSR count). The van der Waals surface area contributed by atoms with Crippen molar-refractivity contribution < 1.29 is 51.0 Å². The van der Waals surface area contributed by atoms with Crippen LogP contribution >= 0.6 is 0 Å². The summed E-state index contributed by atoms with van der Waals surface area (Å²) < 4.78 is 0. The van der Waals surface area contributed by atoms with Crippen molar-refractivity contribution in [3.8, 4) is 11.1 Å². The predicted molar refractivity (Wildman–Crippen MR) is 112 cm³/mol. The summed E-state index contributed by atoms with van der Waals surface area (Å²) in [6.07, 6.45) is 6.42. The smallest absolute Gasteiger partial charge is 1.00 e. The monoisotopic (exact) mass is 500 g/mol. The molecule has 1 atom stereocenters. The van der Waals surface area contributed by atoms with Crippen molar-refractivity contribution in [3.05, 3.63) is 95.1 Å². The van der Waals surface area contributed by atoms with Crippen LogP contribution in [0.5, 0.6) is 0 Å². The zero-order chi connectivity index (χ0) is 18.9. The molecule has 2 aromatic carbocycles. The third kappa shape index (κ3) is 5.63. The summed E-state index contributed by atoms with van der Waals surface area (Å²) in [4.78, 5) is 0. The maximum Gasteiger partial charge on any atom is 4.00 e. The van der Waals surface area contributed by atoms with Crippen molar-refractivity contribution in [1.29, 1.82) is 0 Å². The van der Waals surface area contributed by atoms with Crippen LogP contribution in [0.1, 0.15) is 58.1 Å². The Hall–Kier alpha value is -0.877. The zero-order valence-electron chi connectivity index (χ0n) is 17.9. The fourth-order valence-corrected chi connectivity index (χ4v) is 3.99. The van der Waals surface area contributed by atoms with Gasteiger partial charge in [-0.2, -0.15) is 35.4 Å². The van der Waals surface area contributed by atoms with Crippen molar-refractivity contribution in [3.63, 3.8) is 0 Å². The van der Waals surface area contributed by atoms with Crippen LogP contribution in [-0.2, 0) is 26.2 Å². The van der Waals surface area contributed by atoms with Gasteiger partial charge in [-0.3, -0.25) is 6.08 Å². The summed E-state index contributed by atoms with van der Waals surface area (Å²) in [5.74, 6) is 0.449. The Labute approximate surface area is 208 Å². The summed E-state index contributed by atoms with van der Waals surface area (Å²) in [7, 11) is 0. The van der Waals surface area contributed by atoms with E-state index in [2.05, 4.69) is 89.7 Å². The number of benzene rings is 2. The van der Waals surface area contributed by atoms with Crippen LogP contribution in [0.3, 0.4) is 0 Å². The molecule has 0 saturated carbocycles. The normalized spacial score (nSPS) is 17.3. The first-order chi connectivity index (χ1) is 12.4. The Morgan fingerprint density at radius 1 is 1.00 bits per heavy atom. The summed E-state index contributed by atoms with van der Waals surface area (Å²) in [6.45, 7) is 14.8. The van der Waals surface area contributed by atoms with Crippen LogP contribution in [0, 0.1) is 17.6 Å². The third-order valence-corrected chi connectivity index (χ3v) is 5.83. The Balaban J connectivity index is 0.000000535. The largest absolute Gasteiger partial charge is 4.00 e. The minimum absolute atomic E-state index is 0. The summed E-state index contributed by atoms with van der Waals surface area (Å²) in [5, 5.41) is 0. The molecule has 0 fully saturated rings. The number of hydrogen-bond acceptors (Lipinski definition) is 0. The first-order valence-corrected chi connectivity index (χ1v) is 9.37. The van der Waals surface area contributed by atoms with Gasteiger partial charge in [0.05, 0.1) is 0 Å². The molecule has 29 heavy (non-hydrogen) atoms. The molecule has 0 amide bonds. The quantitative estimate of drug-likeness (QED) is 0.429. The molecular weight excluding hydrogens is 474 g/mol. The summed E-state index contributed by atoms with van der Waals surface area (Å²) >= 11 is 0. The van der Waals surface area contributed by atoms with E-state index in [1.165, 1.54) is 39.0 Å². The minimum Gasteiger partial charge on any atom is -1.00 e. The molecule has 0 aliphatic heterocycles. The Morgan fingerprint density at radius 2 is 1.62 bits per heavy atom. The van der Waals surface area contributed by atoms with Gasteiger partial charge in [0.15, 0.2) is 0 Å². The van der Waals surface area contributed by atoms with Crippen molar-refractivity contribution >= 4 is 0 Å². The Morgan fingerprint density at radius 3 is 2.14 bits per heavy atom. The van der Waals surface area contributed by atoms with Gasteiger partial charge in [-0.15, -0.1) is 24.6 Å². The average Bonchev–Trinajstić information content (AvgIpc) is 3.04. The number of rotatable bonds is 2. The Kier molecular flexibility index (Phi) is 11.1. The van der Waals surface area contributed by atoms with Crippen LogP contribution in [0.4, 0.5) is 0 Å². The third-order valence-electron chi connectivity index (χ3n) is 5.83. The Bertz CT molecular complexity index is 861. The van der Waals surface area contributed by atoms with Gasteiger partial charge in [-0.05, 0) is 17.9 Å². The minimum atomic E-state index is 0. The van der Waals surface area contributed by atoms with Crippen LogP contribution < -0.4 is 24.8 Å². The van der Waals surface area contributed by atoms with E-state index in [4.69, 9.17) is 0 Å². The molecule has 0 aromatic heterocycles. The van der Waals surface area contributed by atoms with Crippen LogP contribution in [0.2, 0.25) is 0 Å². The van der Waals surface area contributed by atoms with Crippen molar-refractivity contribution in [2.45, 2.75) is 47.0 Å². The van der Waals surface area contributed by atoms with E-state index < -0.39 is 0 Å². The molecule has 2 aliphatic rings. The number of halogens is 2. The molecule has 0 heterocycles. The molecule has 2 aliphatic carbocycles. The van der Waals surface area contributed by atoms with E-state index in [-0.39, 0.29) is 56.4 Å². The number of fused-ring (bicyclic) bond motifs is 3. The maximum atomic E-state index is 3.86. The van der Waals surface area contributed by atoms with E-state index in [0.717, 1.165) is 6.42 Å². The molecule has 0 N–H and O–H groups in total. The topological polar surface area (TPSA) is 0 Å². The molecule has 0 bridgehead atoms. The van der Waals surface area contributed by atoms with Gasteiger partial charge >= 0.3 is 26.2 Å². The van der Waals surface area contributed by atoms with E-state index in [1.807, 2.05) is 12.1 Å².